The summed E-state index contributed by atoms with van der Waals surface area (Å²) < 4.78 is 18.6. The molecular formula is C12H17FN2O. The minimum absolute atomic E-state index is 0.174. The zero-order chi connectivity index (χ0) is 11.7. The maximum absolute atomic E-state index is 12.9. The van der Waals surface area contributed by atoms with Crippen LogP contribution in [0, 0.1) is 5.82 Å². The topological polar surface area (TPSA) is 38.5 Å². The molecule has 1 aromatic carbocycles. The van der Waals surface area contributed by atoms with E-state index >= 15 is 0 Å². The van der Waals surface area contributed by atoms with Crippen LogP contribution in [-0.2, 0) is 4.74 Å². The number of rotatable bonds is 1. The van der Waals surface area contributed by atoms with E-state index in [1.807, 2.05) is 13.8 Å². The lowest BCUT2D eigenvalue weighted by atomic mass is 10.1. The number of hydrogen-bond acceptors (Lipinski definition) is 3. The number of nitrogens with zero attached hydrogens (tertiary/aromatic N) is 1. The number of nitrogen functional groups attached to an aromatic ring is 1. The molecular weight excluding hydrogens is 207 g/mol. The Kier molecular flexibility index (Phi) is 3.01. The molecule has 0 radical (unpaired) electrons. The first-order valence-corrected chi connectivity index (χ1v) is 5.51. The molecule has 2 atom stereocenters. The first kappa shape index (κ1) is 11.2. The molecule has 16 heavy (non-hydrogen) atoms. The predicted octanol–water partition coefficient (Wildman–Crippen LogP) is 2.02. The van der Waals surface area contributed by atoms with Crippen molar-refractivity contribution in [1.82, 2.24) is 0 Å². The Balaban J connectivity index is 2.23. The van der Waals surface area contributed by atoms with Crippen molar-refractivity contribution in [3.63, 3.8) is 0 Å². The first-order chi connectivity index (χ1) is 7.56. The van der Waals surface area contributed by atoms with E-state index in [0.717, 1.165) is 18.8 Å². The minimum atomic E-state index is -0.296. The molecule has 3 nitrogen and oxygen atoms in total. The van der Waals surface area contributed by atoms with E-state index in [4.69, 9.17) is 10.5 Å². The van der Waals surface area contributed by atoms with Crippen LogP contribution in [0.1, 0.15) is 13.8 Å². The summed E-state index contributed by atoms with van der Waals surface area (Å²) in [5, 5.41) is 0. The molecule has 2 rings (SSSR count). The lowest BCUT2D eigenvalue weighted by Crippen LogP contribution is -2.45. The first-order valence-electron chi connectivity index (χ1n) is 5.51. The van der Waals surface area contributed by atoms with Crippen LogP contribution in [-0.4, -0.2) is 25.3 Å². The molecule has 1 fully saturated rings. The molecule has 4 heteroatoms. The van der Waals surface area contributed by atoms with E-state index in [1.165, 1.54) is 12.1 Å². The van der Waals surface area contributed by atoms with Gasteiger partial charge in [0.25, 0.3) is 0 Å². The number of benzene rings is 1. The van der Waals surface area contributed by atoms with Gasteiger partial charge >= 0.3 is 0 Å². The monoisotopic (exact) mass is 224 g/mol. The summed E-state index contributed by atoms with van der Waals surface area (Å²) in [5.74, 6) is -0.296. The van der Waals surface area contributed by atoms with Crippen molar-refractivity contribution in [2.24, 2.45) is 0 Å². The fourth-order valence-corrected chi connectivity index (χ4v) is 2.19. The van der Waals surface area contributed by atoms with Gasteiger partial charge in [0.2, 0.25) is 0 Å². The Labute approximate surface area is 95.0 Å². The number of nitrogens with two attached hydrogens (primary N) is 1. The SMILES string of the molecule is CC1CN(c2ccc(F)cc2N)CC(C)O1. The molecule has 0 aliphatic carbocycles. The van der Waals surface area contributed by atoms with Gasteiger partial charge in [-0.2, -0.15) is 0 Å². The molecule has 0 spiro atoms. The molecule has 1 saturated heterocycles. The molecule has 1 aromatic rings. The summed E-state index contributed by atoms with van der Waals surface area (Å²) in [6.07, 6.45) is 0.349. The number of morpholine rings is 1. The van der Waals surface area contributed by atoms with Gasteiger partial charge in [-0.05, 0) is 32.0 Å². The number of anilines is 2. The number of hydrogen-bond donors (Lipinski definition) is 1. The summed E-state index contributed by atoms with van der Waals surface area (Å²) >= 11 is 0. The Morgan fingerprint density at radius 3 is 2.50 bits per heavy atom. The maximum atomic E-state index is 12.9. The summed E-state index contributed by atoms with van der Waals surface area (Å²) in [6.45, 7) is 5.64. The molecule has 2 N–H and O–H groups in total. The third kappa shape index (κ3) is 2.27. The smallest absolute Gasteiger partial charge is 0.125 e. The molecule has 0 saturated carbocycles. The van der Waals surface area contributed by atoms with Crippen LogP contribution in [0.25, 0.3) is 0 Å². The number of ether oxygens (including phenoxy) is 1. The van der Waals surface area contributed by atoms with Crippen molar-refractivity contribution in [3.8, 4) is 0 Å². The molecule has 2 unspecified atom stereocenters. The highest BCUT2D eigenvalue weighted by Gasteiger charge is 2.23. The number of halogens is 1. The molecule has 0 aromatic heterocycles. The van der Waals surface area contributed by atoms with Crippen molar-refractivity contribution >= 4 is 11.4 Å². The van der Waals surface area contributed by atoms with Gasteiger partial charge in [-0.1, -0.05) is 0 Å². The Morgan fingerprint density at radius 1 is 1.31 bits per heavy atom. The van der Waals surface area contributed by atoms with E-state index in [2.05, 4.69) is 4.90 Å². The lowest BCUT2D eigenvalue weighted by molar-refractivity contribution is -0.00517. The maximum Gasteiger partial charge on any atom is 0.125 e. The Morgan fingerprint density at radius 2 is 1.94 bits per heavy atom. The van der Waals surface area contributed by atoms with Gasteiger partial charge in [0.1, 0.15) is 5.82 Å². The minimum Gasteiger partial charge on any atom is -0.397 e. The highest BCUT2D eigenvalue weighted by atomic mass is 19.1. The van der Waals surface area contributed by atoms with Gasteiger partial charge in [0.05, 0.1) is 23.6 Å². The highest BCUT2D eigenvalue weighted by molar-refractivity contribution is 5.67. The van der Waals surface area contributed by atoms with Gasteiger partial charge in [-0.15, -0.1) is 0 Å². The fraction of sp³-hybridized carbons (Fsp3) is 0.500. The standard InChI is InChI=1S/C12H17FN2O/c1-8-6-15(7-9(2)16-8)12-4-3-10(13)5-11(12)14/h3-5,8-9H,6-7,14H2,1-2H3. The molecule has 0 amide bonds. The summed E-state index contributed by atoms with van der Waals surface area (Å²) in [6, 6.07) is 4.53. The van der Waals surface area contributed by atoms with Crippen molar-refractivity contribution in [1.29, 1.82) is 0 Å². The van der Waals surface area contributed by atoms with Crippen LogP contribution < -0.4 is 10.6 Å². The second-order valence-corrected chi connectivity index (χ2v) is 4.37. The van der Waals surface area contributed by atoms with E-state index in [0.29, 0.717) is 5.69 Å². The van der Waals surface area contributed by atoms with Gasteiger partial charge < -0.3 is 15.4 Å². The normalized spacial score (nSPS) is 25.8. The van der Waals surface area contributed by atoms with Crippen LogP contribution in [0.15, 0.2) is 18.2 Å². The quantitative estimate of drug-likeness (QED) is 0.742. The van der Waals surface area contributed by atoms with E-state index in [9.17, 15) is 4.39 Å². The molecule has 0 bridgehead atoms. The Bertz CT molecular complexity index is 373. The second kappa shape index (κ2) is 4.29. The lowest BCUT2D eigenvalue weighted by Gasteiger charge is -2.37. The van der Waals surface area contributed by atoms with Crippen LogP contribution >= 0.6 is 0 Å². The van der Waals surface area contributed by atoms with Gasteiger partial charge in [0, 0.05) is 13.1 Å². The second-order valence-electron chi connectivity index (χ2n) is 4.37. The fourth-order valence-electron chi connectivity index (χ4n) is 2.19. The van der Waals surface area contributed by atoms with Gasteiger partial charge in [-0.3, -0.25) is 0 Å². The third-order valence-electron chi connectivity index (χ3n) is 2.75. The van der Waals surface area contributed by atoms with Crippen molar-refractivity contribution in [2.75, 3.05) is 23.7 Å². The molecule has 1 heterocycles. The molecule has 1 aliphatic heterocycles. The van der Waals surface area contributed by atoms with E-state index < -0.39 is 0 Å². The summed E-state index contributed by atoms with van der Waals surface area (Å²) in [5.41, 5.74) is 7.20. The average Bonchev–Trinajstić information content (AvgIpc) is 2.15. The van der Waals surface area contributed by atoms with Crippen molar-refractivity contribution in [3.05, 3.63) is 24.0 Å². The van der Waals surface area contributed by atoms with E-state index in [1.54, 1.807) is 6.07 Å². The largest absolute Gasteiger partial charge is 0.397 e. The zero-order valence-corrected chi connectivity index (χ0v) is 9.61. The third-order valence-corrected chi connectivity index (χ3v) is 2.75. The van der Waals surface area contributed by atoms with Crippen LogP contribution in [0.2, 0.25) is 0 Å². The highest BCUT2D eigenvalue weighted by Crippen LogP contribution is 2.26. The van der Waals surface area contributed by atoms with Crippen molar-refractivity contribution in [2.45, 2.75) is 26.1 Å². The van der Waals surface area contributed by atoms with Gasteiger partial charge in [0.15, 0.2) is 0 Å². The predicted molar refractivity (Wildman–Crippen MR) is 63.0 cm³/mol. The average molecular weight is 224 g/mol. The molecule has 1 aliphatic rings. The van der Waals surface area contributed by atoms with Crippen LogP contribution in [0.5, 0.6) is 0 Å². The Hall–Kier alpha value is -1.29. The van der Waals surface area contributed by atoms with E-state index in [-0.39, 0.29) is 18.0 Å². The summed E-state index contributed by atoms with van der Waals surface area (Å²) in [4.78, 5) is 2.15. The summed E-state index contributed by atoms with van der Waals surface area (Å²) in [7, 11) is 0. The van der Waals surface area contributed by atoms with Crippen molar-refractivity contribution < 1.29 is 9.13 Å². The van der Waals surface area contributed by atoms with Crippen LogP contribution in [0.3, 0.4) is 0 Å². The van der Waals surface area contributed by atoms with Gasteiger partial charge in [-0.25, -0.2) is 4.39 Å². The zero-order valence-electron chi connectivity index (χ0n) is 9.61. The van der Waals surface area contributed by atoms with Crippen LogP contribution in [0.4, 0.5) is 15.8 Å². The molecule has 88 valence electrons.